The van der Waals surface area contributed by atoms with Gasteiger partial charge in [-0.3, -0.25) is 4.90 Å². The lowest BCUT2D eigenvalue weighted by molar-refractivity contribution is -0.0612. The third kappa shape index (κ3) is 4.24. The summed E-state index contributed by atoms with van der Waals surface area (Å²) in [5.41, 5.74) is 1.77. The van der Waals surface area contributed by atoms with Crippen LogP contribution in [0.3, 0.4) is 0 Å². The van der Waals surface area contributed by atoms with E-state index in [2.05, 4.69) is 17.0 Å². The molecule has 0 amide bonds. The first-order chi connectivity index (χ1) is 11.6. The highest BCUT2D eigenvalue weighted by molar-refractivity contribution is 5.90. The van der Waals surface area contributed by atoms with E-state index in [-0.39, 0.29) is 18.7 Å². The normalized spacial score (nSPS) is 18.5. The summed E-state index contributed by atoms with van der Waals surface area (Å²) in [4.78, 5) is 14.5. The van der Waals surface area contributed by atoms with Crippen molar-refractivity contribution in [3.05, 3.63) is 59.0 Å². The second-order valence-corrected chi connectivity index (χ2v) is 6.14. The predicted octanol–water partition coefficient (Wildman–Crippen LogP) is 2.95. The summed E-state index contributed by atoms with van der Waals surface area (Å²) in [6.07, 6.45) is -0.0975. The van der Waals surface area contributed by atoms with Gasteiger partial charge >= 0.3 is 5.97 Å². The van der Waals surface area contributed by atoms with Crippen molar-refractivity contribution < 1.29 is 18.7 Å². The molecule has 1 unspecified atom stereocenters. The van der Waals surface area contributed by atoms with E-state index in [1.54, 1.807) is 13.0 Å². The highest BCUT2D eigenvalue weighted by atomic mass is 16.6. The first-order valence-electron chi connectivity index (χ1n) is 8.24. The molecule has 24 heavy (non-hydrogen) atoms. The minimum absolute atomic E-state index is 0.0975. The Morgan fingerprint density at radius 1 is 1.29 bits per heavy atom. The second-order valence-electron chi connectivity index (χ2n) is 6.14. The van der Waals surface area contributed by atoms with Gasteiger partial charge in [0.15, 0.2) is 0 Å². The number of hydrogen-bond donors (Lipinski definition) is 0. The fourth-order valence-electron chi connectivity index (χ4n) is 2.95. The number of esters is 1. The van der Waals surface area contributed by atoms with Crippen LogP contribution < -0.4 is 0 Å². The largest absolute Gasteiger partial charge is 0.466 e. The van der Waals surface area contributed by atoms with E-state index in [1.807, 2.05) is 25.1 Å². The smallest absolute Gasteiger partial charge is 0.341 e. The molecule has 1 aliphatic heterocycles. The molecular weight excluding hydrogens is 306 g/mol. The average Bonchev–Trinajstić information content (AvgIpc) is 2.92. The van der Waals surface area contributed by atoms with Crippen molar-refractivity contribution in [3.63, 3.8) is 0 Å². The Balaban J connectivity index is 1.50. The van der Waals surface area contributed by atoms with E-state index >= 15 is 0 Å². The highest BCUT2D eigenvalue weighted by Gasteiger charge is 2.23. The van der Waals surface area contributed by atoms with Gasteiger partial charge in [0.05, 0.1) is 6.61 Å². The zero-order valence-corrected chi connectivity index (χ0v) is 14.2. The number of benzene rings is 1. The Hall–Kier alpha value is -2.11. The maximum atomic E-state index is 12.1. The minimum atomic E-state index is -0.354. The van der Waals surface area contributed by atoms with E-state index < -0.39 is 0 Å². The summed E-state index contributed by atoms with van der Waals surface area (Å²) in [5.74, 6) is 0.948. The van der Waals surface area contributed by atoms with Gasteiger partial charge in [-0.25, -0.2) is 4.79 Å². The molecule has 2 heterocycles. The summed E-state index contributed by atoms with van der Waals surface area (Å²) in [6, 6.07) is 12.1. The van der Waals surface area contributed by atoms with Crippen LogP contribution in [0.2, 0.25) is 0 Å². The first-order valence-corrected chi connectivity index (χ1v) is 8.24. The van der Waals surface area contributed by atoms with Crippen LogP contribution in [0.25, 0.3) is 0 Å². The summed E-state index contributed by atoms with van der Waals surface area (Å²) in [5, 5.41) is 0. The third-order valence-electron chi connectivity index (χ3n) is 4.13. The summed E-state index contributed by atoms with van der Waals surface area (Å²) < 4.78 is 16.5. The number of aryl methyl sites for hydroxylation is 2. The molecule has 0 saturated carbocycles. The topological polar surface area (TPSA) is 51.9 Å². The Morgan fingerprint density at radius 2 is 2.08 bits per heavy atom. The number of carbonyl (C=O) groups excluding carboxylic acids is 1. The summed E-state index contributed by atoms with van der Waals surface area (Å²) in [6.45, 7) is 7.02. The molecule has 0 N–H and O–H groups in total. The Labute approximate surface area is 142 Å². The quantitative estimate of drug-likeness (QED) is 0.790. The van der Waals surface area contributed by atoms with Crippen molar-refractivity contribution >= 4 is 5.97 Å². The number of carbonyl (C=O) groups is 1. The summed E-state index contributed by atoms with van der Waals surface area (Å²) >= 11 is 0. The first kappa shape index (κ1) is 16.7. The van der Waals surface area contributed by atoms with Crippen LogP contribution in [0.4, 0.5) is 0 Å². The molecule has 5 heteroatoms. The van der Waals surface area contributed by atoms with Crippen molar-refractivity contribution in [1.82, 2.24) is 4.90 Å². The second kappa shape index (κ2) is 7.64. The third-order valence-corrected chi connectivity index (χ3v) is 4.13. The lowest BCUT2D eigenvalue weighted by atomic mass is 10.2. The van der Waals surface area contributed by atoms with Gasteiger partial charge in [-0.05, 0) is 25.5 Å². The van der Waals surface area contributed by atoms with Gasteiger partial charge in [-0.2, -0.15) is 0 Å². The van der Waals surface area contributed by atoms with Crippen molar-refractivity contribution in [2.75, 3.05) is 26.3 Å². The molecule has 0 aliphatic carbocycles. The lowest BCUT2D eigenvalue weighted by Gasteiger charge is -2.32. The van der Waals surface area contributed by atoms with E-state index in [0.29, 0.717) is 23.7 Å². The minimum Gasteiger partial charge on any atom is -0.466 e. The highest BCUT2D eigenvalue weighted by Crippen LogP contribution is 2.16. The number of ether oxygens (including phenoxy) is 2. The number of furan rings is 1. The summed E-state index contributed by atoms with van der Waals surface area (Å²) in [7, 11) is 0. The fraction of sp³-hybridized carbons (Fsp3) is 0.421. The lowest BCUT2D eigenvalue weighted by Crippen LogP contribution is -2.44. The van der Waals surface area contributed by atoms with Gasteiger partial charge in [0.2, 0.25) is 0 Å². The van der Waals surface area contributed by atoms with Crippen LogP contribution in [-0.4, -0.2) is 43.3 Å². The SMILES string of the molecule is Cc1cc(C(=O)OCC2CN(Cc3ccccc3)CCO2)c(C)o1. The number of rotatable bonds is 5. The molecular formula is C19H23NO4. The molecule has 1 atom stereocenters. The van der Waals surface area contributed by atoms with Crippen LogP contribution in [0.5, 0.6) is 0 Å². The van der Waals surface area contributed by atoms with Crippen LogP contribution in [0.15, 0.2) is 40.8 Å². The maximum absolute atomic E-state index is 12.1. The van der Waals surface area contributed by atoms with Crippen molar-refractivity contribution in [1.29, 1.82) is 0 Å². The van der Waals surface area contributed by atoms with Crippen molar-refractivity contribution in [2.45, 2.75) is 26.5 Å². The van der Waals surface area contributed by atoms with E-state index in [4.69, 9.17) is 13.9 Å². The van der Waals surface area contributed by atoms with E-state index in [0.717, 1.165) is 19.6 Å². The van der Waals surface area contributed by atoms with Gasteiger partial charge in [0.1, 0.15) is 29.8 Å². The van der Waals surface area contributed by atoms with Gasteiger partial charge < -0.3 is 13.9 Å². The van der Waals surface area contributed by atoms with Crippen LogP contribution in [0, 0.1) is 13.8 Å². The standard InChI is InChI=1S/C19H23NO4/c1-14-10-18(15(2)24-14)19(21)23-13-17-12-20(8-9-22-17)11-16-6-4-3-5-7-16/h3-7,10,17H,8-9,11-13H2,1-2H3. The van der Waals surface area contributed by atoms with E-state index in [9.17, 15) is 4.79 Å². The molecule has 5 nitrogen and oxygen atoms in total. The molecule has 0 spiro atoms. The van der Waals surface area contributed by atoms with Gasteiger partial charge in [-0.1, -0.05) is 30.3 Å². The molecule has 128 valence electrons. The molecule has 0 bridgehead atoms. The number of morpholine rings is 1. The van der Waals surface area contributed by atoms with Crippen LogP contribution in [-0.2, 0) is 16.0 Å². The van der Waals surface area contributed by atoms with Gasteiger partial charge in [0.25, 0.3) is 0 Å². The molecule has 1 saturated heterocycles. The average molecular weight is 329 g/mol. The van der Waals surface area contributed by atoms with Crippen molar-refractivity contribution in [2.24, 2.45) is 0 Å². The van der Waals surface area contributed by atoms with Gasteiger partial charge in [0, 0.05) is 19.6 Å². The van der Waals surface area contributed by atoms with E-state index in [1.165, 1.54) is 5.56 Å². The van der Waals surface area contributed by atoms with Crippen LogP contribution >= 0.6 is 0 Å². The monoisotopic (exact) mass is 329 g/mol. The fourth-order valence-corrected chi connectivity index (χ4v) is 2.95. The molecule has 1 aromatic carbocycles. The molecule has 2 aromatic rings. The molecule has 3 rings (SSSR count). The molecule has 1 aliphatic rings. The molecule has 1 aromatic heterocycles. The Morgan fingerprint density at radius 3 is 2.79 bits per heavy atom. The zero-order valence-electron chi connectivity index (χ0n) is 14.2. The molecule has 0 radical (unpaired) electrons. The maximum Gasteiger partial charge on any atom is 0.341 e. The Bertz CT molecular complexity index is 680. The number of nitrogens with zero attached hydrogens (tertiary/aromatic N) is 1. The Kier molecular flexibility index (Phi) is 5.33. The number of hydrogen-bond acceptors (Lipinski definition) is 5. The van der Waals surface area contributed by atoms with Gasteiger partial charge in [-0.15, -0.1) is 0 Å². The van der Waals surface area contributed by atoms with Crippen molar-refractivity contribution in [3.8, 4) is 0 Å². The molecule has 1 fully saturated rings. The van der Waals surface area contributed by atoms with Crippen LogP contribution in [0.1, 0.15) is 27.4 Å². The predicted molar refractivity (Wildman–Crippen MR) is 89.9 cm³/mol. The zero-order chi connectivity index (χ0) is 16.9.